The molecule has 2 rings (SSSR count). The lowest BCUT2D eigenvalue weighted by molar-refractivity contribution is 0.414. The molecule has 0 atom stereocenters. The average Bonchev–Trinajstić information content (AvgIpc) is 2.53. The van der Waals surface area contributed by atoms with Crippen LogP contribution in [-0.2, 0) is 10.0 Å². The summed E-state index contributed by atoms with van der Waals surface area (Å²) in [6.07, 6.45) is 0. The van der Waals surface area contributed by atoms with Crippen molar-refractivity contribution in [1.82, 2.24) is 4.72 Å². The van der Waals surface area contributed by atoms with E-state index in [4.69, 9.17) is 4.74 Å². The molecule has 0 fully saturated rings. The SMILES string of the molecule is COc1ccc(S(=O)(=O)NCC#Cc2ccc(F)cc2)cc1. The van der Waals surface area contributed by atoms with Crippen molar-refractivity contribution < 1.29 is 17.5 Å². The Hall–Kier alpha value is -2.36. The molecule has 0 saturated heterocycles. The average molecular weight is 319 g/mol. The Labute approximate surface area is 129 Å². The summed E-state index contributed by atoms with van der Waals surface area (Å²) >= 11 is 0. The highest BCUT2D eigenvalue weighted by Crippen LogP contribution is 2.14. The summed E-state index contributed by atoms with van der Waals surface area (Å²) in [5.41, 5.74) is 0.616. The van der Waals surface area contributed by atoms with E-state index >= 15 is 0 Å². The zero-order valence-corrected chi connectivity index (χ0v) is 12.7. The molecule has 1 N–H and O–H groups in total. The van der Waals surface area contributed by atoms with Crippen LogP contribution in [0.15, 0.2) is 53.4 Å². The number of methoxy groups -OCH3 is 1. The minimum absolute atomic E-state index is 0.0360. The summed E-state index contributed by atoms with van der Waals surface area (Å²) in [5, 5.41) is 0. The summed E-state index contributed by atoms with van der Waals surface area (Å²) in [5.74, 6) is 5.67. The predicted molar refractivity (Wildman–Crippen MR) is 81.5 cm³/mol. The monoisotopic (exact) mass is 319 g/mol. The summed E-state index contributed by atoms with van der Waals surface area (Å²) in [4.78, 5) is 0.136. The second-order valence-corrected chi connectivity index (χ2v) is 6.08. The maximum Gasteiger partial charge on any atom is 0.241 e. The van der Waals surface area contributed by atoms with Gasteiger partial charge in [0.05, 0.1) is 18.6 Å². The zero-order chi connectivity index (χ0) is 16.0. The normalized spacial score (nSPS) is 10.6. The van der Waals surface area contributed by atoms with Crippen molar-refractivity contribution in [2.45, 2.75) is 4.90 Å². The molecular formula is C16H14FNO3S. The van der Waals surface area contributed by atoms with Crippen molar-refractivity contribution in [2.75, 3.05) is 13.7 Å². The quantitative estimate of drug-likeness (QED) is 0.879. The Bertz CT molecular complexity index is 788. The first-order chi connectivity index (χ1) is 10.5. The smallest absolute Gasteiger partial charge is 0.241 e. The molecule has 0 amide bonds. The van der Waals surface area contributed by atoms with Crippen LogP contribution in [0.25, 0.3) is 0 Å². The molecule has 114 valence electrons. The van der Waals surface area contributed by atoms with E-state index in [1.54, 1.807) is 12.1 Å². The van der Waals surface area contributed by atoms with E-state index in [0.717, 1.165) is 0 Å². The van der Waals surface area contributed by atoms with E-state index in [1.807, 2.05) is 0 Å². The highest BCUT2D eigenvalue weighted by atomic mass is 32.2. The number of rotatable bonds is 4. The Kier molecular flexibility index (Phi) is 5.15. The van der Waals surface area contributed by atoms with Gasteiger partial charge in [0, 0.05) is 5.56 Å². The molecule has 0 aliphatic heterocycles. The molecule has 2 aromatic carbocycles. The molecule has 0 aliphatic carbocycles. The van der Waals surface area contributed by atoms with Crippen LogP contribution in [-0.4, -0.2) is 22.1 Å². The first-order valence-electron chi connectivity index (χ1n) is 6.39. The fraction of sp³-hybridized carbons (Fsp3) is 0.125. The third kappa shape index (κ3) is 4.32. The van der Waals surface area contributed by atoms with Gasteiger partial charge in [0.2, 0.25) is 10.0 Å². The highest BCUT2D eigenvalue weighted by Gasteiger charge is 2.12. The minimum atomic E-state index is -3.61. The zero-order valence-electron chi connectivity index (χ0n) is 11.8. The van der Waals surface area contributed by atoms with Gasteiger partial charge in [0.1, 0.15) is 11.6 Å². The number of sulfonamides is 1. The third-order valence-electron chi connectivity index (χ3n) is 2.80. The Morgan fingerprint density at radius 3 is 2.32 bits per heavy atom. The number of hydrogen-bond donors (Lipinski definition) is 1. The van der Waals surface area contributed by atoms with E-state index < -0.39 is 10.0 Å². The number of benzene rings is 2. The first kappa shape index (κ1) is 16.0. The lowest BCUT2D eigenvalue weighted by atomic mass is 10.2. The highest BCUT2D eigenvalue weighted by molar-refractivity contribution is 7.89. The molecule has 4 nitrogen and oxygen atoms in total. The third-order valence-corrected chi connectivity index (χ3v) is 4.21. The molecule has 0 saturated carbocycles. The molecule has 0 spiro atoms. The lowest BCUT2D eigenvalue weighted by Gasteiger charge is -2.05. The van der Waals surface area contributed by atoms with Crippen molar-refractivity contribution in [3.8, 4) is 17.6 Å². The number of halogens is 1. The number of ether oxygens (including phenoxy) is 1. The van der Waals surface area contributed by atoms with Gasteiger partial charge in [0.15, 0.2) is 0 Å². The molecule has 0 heterocycles. The molecule has 2 aromatic rings. The van der Waals surface area contributed by atoms with Gasteiger partial charge < -0.3 is 4.74 Å². The molecule has 0 aromatic heterocycles. The topological polar surface area (TPSA) is 55.4 Å². The van der Waals surface area contributed by atoms with Crippen LogP contribution < -0.4 is 9.46 Å². The molecular weight excluding hydrogens is 305 g/mol. The summed E-state index contributed by atoms with van der Waals surface area (Å²) in [6.45, 7) is -0.0360. The summed E-state index contributed by atoms with van der Waals surface area (Å²) < 4.78 is 44.1. The van der Waals surface area contributed by atoms with E-state index in [2.05, 4.69) is 16.6 Å². The van der Waals surface area contributed by atoms with Crippen molar-refractivity contribution >= 4 is 10.0 Å². The largest absolute Gasteiger partial charge is 0.497 e. The molecule has 0 radical (unpaired) electrons. The maximum absolute atomic E-state index is 12.7. The van der Waals surface area contributed by atoms with Crippen LogP contribution in [0.1, 0.15) is 5.56 Å². The molecule has 6 heteroatoms. The fourth-order valence-corrected chi connectivity index (χ4v) is 2.57. The Morgan fingerprint density at radius 1 is 1.09 bits per heavy atom. The van der Waals surface area contributed by atoms with Gasteiger partial charge in [-0.3, -0.25) is 0 Å². The van der Waals surface area contributed by atoms with Crippen molar-refractivity contribution in [3.63, 3.8) is 0 Å². The molecule has 22 heavy (non-hydrogen) atoms. The standard InChI is InChI=1S/C16H14FNO3S/c1-21-15-8-10-16(11-9-15)22(19,20)18-12-2-3-13-4-6-14(17)7-5-13/h4-11,18H,12H2,1H3. The number of nitrogens with one attached hydrogen (secondary N) is 1. The second kappa shape index (κ2) is 7.07. The van der Waals surface area contributed by atoms with Crippen LogP contribution in [0.5, 0.6) is 5.75 Å². The van der Waals surface area contributed by atoms with Crippen LogP contribution in [0.3, 0.4) is 0 Å². The van der Waals surface area contributed by atoms with Crippen molar-refractivity contribution in [2.24, 2.45) is 0 Å². The molecule has 0 aliphatic rings. The predicted octanol–water partition coefficient (Wildman–Crippen LogP) is 2.16. The van der Waals surface area contributed by atoms with Gasteiger partial charge in [-0.25, -0.2) is 12.8 Å². The number of hydrogen-bond acceptors (Lipinski definition) is 3. The lowest BCUT2D eigenvalue weighted by Crippen LogP contribution is -2.23. The van der Waals surface area contributed by atoms with Gasteiger partial charge in [-0.1, -0.05) is 11.8 Å². The van der Waals surface area contributed by atoms with E-state index in [9.17, 15) is 12.8 Å². The van der Waals surface area contributed by atoms with E-state index in [1.165, 1.54) is 43.5 Å². The van der Waals surface area contributed by atoms with Crippen molar-refractivity contribution in [3.05, 3.63) is 59.9 Å². The maximum atomic E-state index is 12.7. The van der Waals surface area contributed by atoms with Crippen molar-refractivity contribution in [1.29, 1.82) is 0 Å². The van der Waals surface area contributed by atoms with Crippen LogP contribution in [0, 0.1) is 17.7 Å². The van der Waals surface area contributed by atoms with Crippen LogP contribution in [0.4, 0.5) is 4.39 Å². The van der Waals surface area contributed by atoms with Crippen LogP contribution in [0.2, 0.25) is 0 Å². The van der Waals surface area contributed by atoms with Gasteiger partial charge in [-0.05, 0) is 48.5 Å². The summed E-state index contributed by atoms with van der Waals surface area (Å²) in [6, 6.07) is 11.7. The van der Waals surface area contributed by atoms with E-state index in [-0.39, 0.29) is 17.3 Å². The van der Waals surface area contributed by atoms with Gasteiger partial charge >= 0.3 is 0 Å². The van der Waals surface area contributed by atoms with Gasteiger partial charge in [-0.2, -0.15) is 4.72 Å². The summed E-state index contributed by atoms with van der Waals surface area (Å²) in [7, 11) is -2.11. The Morgan fingerprint density at radius 2 is 1.73 bits per heavy atom. The van der Waals surface area contributed by atoms with E-state index in [0.29, 0.717) is 11.3 Å². The first-order valence-corrected chi connectivity index (χ1v) is 7.88. The van der Waals surface area contributed by atoms with Gasteiger partial charge in [-0.15, -0.1) is 0 Å². The second-order valence-electron chi connectivity index (χ2n) is 4.31. The minimum Gasteiger partial charge on any atom is -0.497 e. The van der Waals surface area contributed by atoms with Gasteiger partial charge in [0.25, 0.3) is 0 Å². The Balaban J connectivity index is 1.99. The molecule has 0 unspecified atom stereocenters. The molecule has 0 bridgehead atoms. The fourth-order valence-electron chi connectivity index (χ4n) is 1.65. The van der Waals surface area contributed by atoms with Crippen LogP contribution >= 0.6 is 0 Å².